The van der Waals surface area contributed by atoms with Gasteiger partial charge in [0.2, 0.25) is 0 Å². The summed E-state index contributed by atoms with van der Waals surface area (Å²) in [4.78, 5) is 4.42. The number of fused-ring (bicyclic) bond motifs is 1. The molecule has 0 bridgehead atoms. The molecule has 1 fully saturated rings. The Bertz CT molecular complexity index is 855. The predicted octanol–water partition coefficient (Wildman–Crippen LogP) is 3.73. The van der Waals surface area contributed by atoms with Crippen molar-refractivity contribution in [1.82, 2.24) is 13.9 Å². The lowest BCUT2D eigenvalue weighted by Crippen LogP contribution is -2.20. The van der Waals surface area contributed by atoms with Gasteiger partial charge in [0.25, 0.3) is 0 Å². The first-order chi connectivity index (χ1) is 11.8. The van der Waals surface area contributed by atoms with E-state index in [2.05, 4.69) is 26.2 Å². The summed E-state index contributed by atoms with van der Waals surface area (Å²) < 4.78 is 12.1. The van der Waals surface area contributed by atoms with Crippen molar-refractivity contribution < 1.29 is 9.84 Å². The Morgan fingerprint density at radius 1 is 1.33 bits per heavy atom. The highest BCUT2D eigenvalue weighted by Crippen LogP contribution is 2.34. The number of aromatic nitrogens is 3. The molecule has 0 amide bonds. The minimum atomic E-state index is -0.0842. The van der Waals surface area contributed by atoms with Crippen molar-refractivity contribution in [3.05, 3.63) is 34.4 Å². The Hall–Kier alpha value is -1.47. The maximum Gasteiger partial charge on any atom is 0.175 e. The highest BCUT2D eigenvalue weighted by atomic mass is 35.5. The molecular formula is C17H18ClN3O2S. The summed E-state index contributed by atoms with van der Waals surface area (Å²) in [5.74, 6) is 1.25. The van der Waals surface area contributed by atoms with Crippen LogP contribution in [0.15, 0.2) is 24.4 Å². The van der Waals surface area contributed by atoms with Crippen molar-refractivity contribution in [1.29, 1.82) is 0 Å². The van der Waals surface area contributed by atoms with E-state index < -0.39 is 0 Å². The molecular weight excluding hydrogens is 346 g/mol. The van der Waals surface area contributed by atoms with Crippen LogP contribution in [0.25, 0.3) is 22.3 Å². The number of hydrogen-bond donors (Lipinski definition) is 1. The molecule has 1 aliphatic heterocycles. The quantitative estimate of drug-likeness (QED) is 0.767. The van der Waals surface area contributed by atoms with Crippen LogP contribution in [0.2, 0.25) is 5.02 Å². The molecule has 1 N–H and O–H groups in total. The van der Waals surface area contributed by atoms with Crippen LogP contribution in [-0.2, 0) is 17.9 Å². The van der Waals surface area contributed by atoms with Crippen molar-refractivity contribution in [3.8, 4) is 11.4 Å². The zero-order chi connectivity index (χ0) is 16.5. The topological polar surface area (TPSA) is 60.2 Å². The first-order valence-electron chi connectivity index (χ1n) is 8.05. The fourth-order valence-electron chi connectivity index (χ4n) is 3.27. The number of rotatable bonds is 4. The van der Waals surface area contributed by atoms with Crippen LogP contribution in [0.4, 0.5) is 0 Å². The highest BCUT2D eigenvalue weighted by molar-refractivity contribution is 7.05. The minimum Gasteiger partial charge on any atom is -0.389 e. The summed E-state index contributed by atoms with van der Waals surface area (Å²) in [5, 5.41) is 11.7. The first kappa shape index (κ1) is 16.0. The Morgan fingerprint density at radius 3 is 2.92 bits per heavy atom. The maximum atomic E-state index is 9.25. The van der Waals surface area contributed by atoms with E-state index in [9.17, 15) is 5.11 Å². The number of ether oxygens (including phenoxy) is 1. The lowest BCUT2D eigenvalue weighted by Gasteiger charge is -2.23. The van der Waals surface area contributed by atoms with Gasteiger partial charge in [0, 0.05) is 36.9 Å². The van der Waals surface area contributed by atoms with Gasteiger partial charge in [-0.15, -0.1) is 0 Å². The van der Waals surface area contributed by atoms with E-state index in [4.69, 9.17) is 16.3 Å². The Morgan fingerprint density at radius 2 is 2.17 bits per heavy atom. The Balaban J connectivity index is 1.78. The summed E-state index contributed by atoms with van der Waals surface area (Å²) in [7, 11) is 0. The molecule has 0 saturated carbocycles. The van der Waals surface area contributed by atoms with E-state index in [0.717, 1.165) is 54.1 Å². The van der Waals surface area contributed by atoms with E-state index >= 15 is 0 Å². The number of para-hydroxylation sites is 1. The van der Waals surface area contributed by atoms with Gasteiger partial charge in [-0.25, -0.2) is 4.98 Å². The minimum absolute atomic E-state index is 0.0842. The first-order valence-corrected chi connectivity index (χ1v) is 9.20. The van der Waals surface area contributed by atoms with Gasteiger partial charge >= 0.3 is 0 Å². The van der Waals surface area contributed by atoms with E-state index in [0.29, 0.717) is 16.7 Å². The van der Waals surface area contributed by atoms with Crippen LogP contribution in [0.5, 0.6) is 0 Å². The smallest absolute Gasteiger partial charge is 0.175 e. The zero-order valence-electron chi connectivity index (χ0n) is 13.1. The normalized spacial score (nSPS) is 16.1. The molecule has 0 spiro atoms. The van der Waals surface area contributed by atoms with Crippen molar-refractivity contribution in [3.63, 3.8) is 0 Å². The molecule has 1 aromatic carbocycles. The molecule has 0 aliphatic carbocycles. The van der Waals surface area contributed by atoms with Crippen molar-refractivity contribution in [2.24, 2.45) is 5.92 Å². The molecule has 4 rings (SSSR count). The molecule has 3 aromatic rings. The number of halogens is 1. The summed E-state index contributed by atoms with van der Waals surface area (Å²) in [6.07, 6.45) is 4.24. The maximum absolute atomic E-state index is 9.25. The number of nitrogens with zero attached hydrogens (tertiary/aromatic N) is 3. The van der Waals surface area contributed by atoms with Gasteiger partial charge in [0.05, 0.1) is 17.1 Å². The third-order valence-electron chi connectivity index (χ3n) is 4.49. The zero-order valence-corrected chi connectivity index (χ0v) is 14.7. The van der Waals surface area contributed by atoms with Crippen LogP contribution in [-0.4, -0.2) is 32.2 Å². The van der Waals surface area contributed by atoms with E-state index in [1.165, 1.54) is 11.5 Å². The lowest BCUT2D eigenvalue weighted by molar-refractivity contribution is 0.0616. The SMILES string of the molecule is OCc1nc(-c2cn(CC3CCOCC3)c3c(Cl)cccc23)ns1. The molecule has 0 unspecified atom stereocenters. The standard InChI is InChI=1S/C17H18ClN3O2S/c18-14-3-1-2-12-13(17-19-15(10-22)24-20-17)9-21(16(12)14)8-11-4-6-23-7-5-11/h1-3,9,11,22H,4-8,10H2. The molecule has 126 valence electrons. The van der Waals surface area contributed by atoms with Crippen molar-refractivity contribution in [2.75, 3.05) is 13.2 Å². The summed E-state index contributed by atoms with van der Waals surface area (Å²) >= 11 is 7.72. The molecule has 24 heavy (non-hydrogen) atoms. The van der Waals surface area contributed by atoms with Crippen molar-refractivity contribution in [2.45, 2.75) is 26.0 Å². The van der Waals surface area contributed by atoms with Gasteiger partial charge in [-0.05, 0) is 36.4 Å². The van der Waals surface area contributed by atoms with Gasteiger partial charge < -0.3 is 14.4 Å². The van der Waals surface area contributed by atoms with Gasteiger partial charge in [-0.3, -0.25) is 0 Å². The second-order valence-corrected chi connectivity index (χ2v) is 7.30. The summed E-state index contributed by atoms with van der Waals surface area (Å²) in [6.45, 7) is 2.50. The summed E-state index contributed by atoms with van der Waals surface area (Å²) in [5.41, 5.74) is 2.00. The predicted molar refractivity (Wildman–Crippen MR) is 95.3 cm³/mol. The monoisotopic (exact) mass is 363 g/mol. The van der Waals surface area contributed by atoms with Crippen LogP contribution < -0.4 is 0 Å². The third-order valence-corrected chi connectivity index (χ3v) is 5.49. The summed E-state index contributed by atoms with van der Waals surface area (Å²) in [6, 6.07) is 5.92. The van der Waals surface area contributed by atoms with Crippen LogP contribution >= 0.6 is 23.1 Å². The van der Waals surface area contributed by atoms with Crippen LogP contribution in [0.3, 0.4) is 0 Å². The Labute approximate surface area is 149 Å². The van der Waals surface area contributed by atoms with Gasteiger partial charge in [0.15, 0.2) is 5.82 Å². The average Bonchev–Trinajstić information content (AvgIpc) is 3.21. The molecule has 0 radical (unpaired) electrons. The average molecular weight is 364 g/mol. The molecule has 1 saturated heterocycles. The Kier molecular flexibility index (Phi) is 4.54. The lowest BCUT2D eigenvalue weighted by atomic mass is 10.0. The van der Waals surface area contributed by atoms with E-state index in [-0.39, 0.29) is 6.61 Å². The number of aliphatic hydroxyl groups excluding tert-OH is 1. The van der Waals surface area contributed by atoms with Gasteiger partial charge in [0.1, 0.15) is 5.01 Å². The molecule has 5 nitrogen and oxygen atoms in total. The molecule has 3 heterocycles. The fraction of sp³-hybridized carbons (Fsp3) is 0.412. The number of benzene rings is 1. The van der Waals surface area contributed by atoms with Crippen molar-refractivity contribution >= 4 is 34.0 Å². The number of aliphatic hydroxyl groups is 1. The second-order valence-electron chi connectivity index (χ2n) is 6.06. The largest absolute Gasteiger partial charge is 0.389 e. The van der Waals surface area contributed by atoms with E-state index in [1.54, 1.807) is 0 Å². The second kappa shape index (κ2) is 6.80. The highest BCUT2D eigenvalue weighted by Gasteiger charge is 2.20. The van der Waals surface area contributed by atoms with Gasteiger partial charge in [-0.1, -0.05) is 23.7 Å². The van der Waals surface area contributed by atoms with Crippen LogP contribution in [0.1, 0.15) is 17.8 Å². The van der Waals surface area contributed by atoms with Gasteiger partial charge in [-0.2, -0.15) is 4.37 Å². The van der Waals surface area contributed by atoms with Crippen LogP contribution in [0, 0.1) is 5.92 Å². The molecule has 1 aliphatic rings. The molecule has 7 heteroatoms. The molecule has 0 atom stereocenters. The molecule has 2 aromatic heterocycles. The van der Waals surface area contributed by atoms with E-state index in [1.807, 2.05) is 12.1 Å². The third kappa shape index (κ3) is 2.95. The number of hydrogen-bond acceptors (Lipinski definition) is 5. The fourth-order valence-corrected chi connectivity index (χ4v) is 4.07.